The quantitative estimate of drug-likeness (QED) is 0.581. The van der Waals surface area contributed by atoms with Gasteiger partial charge in [0, 0.05) is 11.3 Å². The number of benzene rings is 2. The molecule has 1 aliphatic rings. The van der Waals surface area contributed by atoms with Crippen molar-refractivity contribution >= 4 is 33.0 Å². The second-order valence-electron chi connectivity index (χ2n) is 7.45. The molecule has 0 radical (unpaired) electrons. The number of carbonyl (C=O) groups excluding carboxylic acids is 1. The van der Waals surface area contributed by atoms with Gasteiger partial charge in [0.1, 0.15) is 11.5 Å². The van der Waals surface area contributed by atoms with Crippen molar-refractivity contribution in [2.75, 3.05) is 31.0 Å². The van der Waals surface area contributed by atoms with Gasteiger partial charge < -0.3 is 14.8 Å². The van der Waals surface area contributed by atoms with Crippen LogP contribution in [-0.2, 0) is 9.84 Å². The molecule has 10 heteroatoms. The Kier molecular flexibility index (Phi) is 6.12. The Morgan fingerprint density at radius 1 is 1.12 bits per heavy atom. The van der Waals surface area contributed by atoms with E-state index in [-0.39, 0.29) is 23.2 Å². The lowest BCUT2D eigenvalue weighted by Gasteiger charge is -2.13. The molecule has 32 heavy (non-hydrogen) atoms. The molecule has 8 nitrogen and oxygen atoms in total. The van der Waals surface area contributed by atoms with Crippen molar-refractivity contribution in [2.45, 2.75) is 12.5 Å². The number of aromatic nitrogens is 2. The SMILES string of the molecule is COc1ccc(-c2cc(C(=O)Nc3ccc(OC)c(Cl)c3)nn2C2CCS(=O)(=O)C2)cc1. The van der Waals surface area contributed by atoms with Gasteiger partial charge in [0.2, 0.25) is 0 Å². The van der Waals surface area contributed by atoms with Crippen LogP contribution in [0.2, 0.25) is 5.02 Å². The van der Waals surface area contributed by atoms with Crippen LogP contribution in [0.5, 0.6) is 11.5 Å². The van der Waals surface area contributed by atoms with Crippen molar-refractivity contribution in [3.05, 3.63) is 59.2 Å². The molecule has 4 rings (SSSR count). The van der Waals surface area contributed by atoms with E-state index in [9.17, 15) is 13.2 Å². The number of rotatable bonds is 6. The van der Waals surface area contributed by atoms with E-state index in [1.54, 1.807) is 48.2 Å². The molecule has 1 unspecified atom stereocenters. The number of ether oxygens (including phenoxy) is 2. The zero-order valence-corrected chi connectivity index (χ0v) is 19.1. The summed E-state index contributed by atoms with van der Waals surface area (Å²) in [6, 6.07) is 13.5. The lowest BCUT2D eigenvalue weighted by atomic mass is 10.1. The minimum absolute atomic E-state index is 0.00696. The third-order valence-corrected chi connectivity index (χ3v) is 7.36. The van der Waals surface area contributed by atoms with Crippen molar-refractivity contribution in [1.29, 1.82) is 0 Å². The normalized spacial score (nSPS) is 17.2. The molecule has 0 saturated carbocycles. The summed E-state index contributed by atoms with van der Waals surface area (Å²) < 4.78 is 36.1. The Labute approximate surface area is 191 Å². The minimum Gasteiger partial charge on any atom is -0.497 e. The molecule has 1 aliphatic heterocycles. The lowest BCUT2D eigenvalue weighted by molar-refractivity contribution is 0.102. The van der Waals surface area contributed by atoms with Crippen LogP contribution in [0.15, 0.2) is 48.5 Å². The van der Waals surface area contributed by atoms with Gasteiger partial charge in [0.05, 0.1) is 42.5 Å². The lowest BCUT2D eigenvalue weighted by Crippen LogP contribution is -2.16. The number of nitrogens with zero attached hydrogens (tertiary/aromatic N) is 2. The summed E-state index contributed by atoms with van der Waals surface area (Å²) in [6.45, 7) is 0. The summed E-state index contributed by atoms with van der Waals surface area (Å²) >= 11 is 6.14. The highest BCUT2D eigenvalue weighted by Crippen LogP contribution is 2.32. The zero-order valence-electron chi connectivity index (χ0n) is 17.5. The molecule has 1 fully saturated rings. The Morgan fingerprint density at radius 2 is 1.88 bits per heavy atom. The number of anilines is 1. The van der Waals surface area contributed by atoms with Crippen molar-refractivity contribution in [3.8, 4) is 22.8 Å². The van der Waals surface area contributed by atoms with Crippen LogP contribution in [0.25, 0.3) is 11.3 Å². The van der Waals surface area contributed by atoms with Crippen molar-refractivity contribution in [3.63, 3.8) is 0 Å². The first-order valence-electron chi connectivity index (χ1n) is 9.89. The van der Waals surface area contributed by atoms with Gasteiger partial charge in [-0.25, -0.2) is 8.42 Å². The Hall–Kier alpha value is -3.04. The third kappa shape index (κ3) is 4.58. The van der Waals surface area contributed by atoms with Gasteiger partial charge in [-0.15, -0.1) is 0 Å². The van der Waals surface area contributed by atoms with Crippen LogP contribution in [0.1, 0.15) is 23.0 Å². The second-order valence-corrected chi connectivity index (χ2v) is 10.1. The van der Waals surface area contributed by atoms with E-state index in [1.165, 1.54) is 7.11 Å². The number of methoxy groups -OCH3 is 2. The molecule has 1 aromatic heterocycles. The first-order chi connectivity index (χ1) is 15.3. The highest BCUT2D eigenvalue weighted by molar-refractivity contribution is 7.91. The number of hydrogen-bond acceptors (Lipinski definition) is 6. The molecular weight excluding hydrogens is 454 g/mol. The number of halogens is 1. The molecule has 0 aliphatic carbocycles. The Balaban J connectivity index is 1.67. The van der Waals surface area contributed by atoms with Crippen LogP contribution in [0.4, 0.5) is 5.69 Å². The fraction of sp³-hybridized carbons (Fsp3) is 0.273. The third-order valence-electron chi connectivity index (χ3n) is 5.32. The number of nitrogens with one attached hydrogen (secondary N) is 1. The maximum atomic E-state index is 12.9. The van der Waals surface area contributed by atoms with Crippen LogP contribution in [0.3, 0.4) is 0 Å². The van der Waals surface area contributed by atoms with Crippen LogP contribution < -0.4 is 14.8 Å². The van der Waals surface area contributed by atoms with E-state index in [1.807, 2.05) is 12.1 Å². The predicted molar refractivity (Wildman–Crippen MR) is 122 cm³/mol. The highest BCUT2D eigenvalue weighted by Gasteiger charge is 2.32. The number of sulfone groups is 1. The standard InChI is InChI=1S/C22H22ClN3O5S/c1-30-17-6-3-14(4-7-17)20-12-19(25-26(20)16-9-10-32(28,29)13-16)22(27)24-15-5-8-21(31-2)18(23)11-15/h3-8,11-12,16H,9-10,13H2,1-2H3,(H,24,27). The molecule has 3 aromatic rings. The molecule has 1 N–H and O–H groups in total. The first-order valence-corrected chi connectivity index (χ1v) is 12.1. The summed E-state index contributed by atoms with van der Waals surface area (Å²) in [4.78, 5) is 12.9. The summed E-state index contributed by atoms with van der Waals surface area (Å²) in [5.74, 6) is 0.856. The topological polar surface area (TPSA) is 99.5 Å². The van der Waals surface area contributed by atoms with Crippen LogP contribution in [0, 0.1) is 0 Å². The molecule has 0 spiro atoms. The summed E-state index contributed by atoms with van der Waals surface area (Å²) in [5, 5.41) is 7.62. The van der Waals surface area contributed by atoms with Gasteiger partial charge >= 0.3 is 0 Å². The van der Waals surface area contributed by atoms with Crippen molar-refractivity contribution < 1.29 is 22.7 Å². The maximum absolute atomic E-state index is 12.9. The molecular formula is C22H22ClN3O5S. The first kappa shape index (κ1) is 22.2. The van der Waals surface area contributed by atoms with E-state index < -0.39 is 15.7 Å². The van der Waals surface area contributed by atoms with Gasteiger partial charge in [-0.2, -0.15) is 5.10 Å². The fourth-order valence-corrected chi connectivity index (χ4v) is 5.62. The van der Waals surface area contributed by atoms with E-state index in [0.29, 0.717) is 34.3 Å². The van der Waals surface area contributed by atoms with Crippen LogP contribution in [-0.4, -0.2) is 49.8 Å². The number of amides is 1. The fourth-order valence-electron chi connectivity index (χ4n) is 3.67. The maximum Gasteiger partial charge on any atom is 0.276 e. The molecule has 1 amide bonds. The molecule has 2 heterocycles. The summed E-state index contributed by atoms with van der Waals surface area (Å²) in [5.41, 5.74) is 2.12. The largest absolute Gasteiger partial charge is 0.497 e. The molecule has 0 bridgehead atoms. The van der Waals surface area contributed by atoms with Gasteiger partial charge in [0.15, 0.2) is 15.5 Å². The second kappa shape index (κ2) is 8.84. The van der Waals surface area contributed by atoms with Crippen molar-refractivity contribution in [2.24, 2.45) is 0 Å². The molecule has 2 aromatic carbocycles. The smallest absolute Gasteiger partial charge is 0.276 e. The number of hydrogen-bond donors (Lipinski definition) is 1. The average molecular weight is 476 g/mol. The van der Waals surface area contributed by atoms with E-state index in [0.717, 1.165) is 5.56 Å². The van der Waals surface area contributed by atoms with E-state index >= 15 is 0 Å². The molecule has 1 saturated heterocycles. The number of carbonyl (C=O) groups is 1. The highest BCUT2D eigenvalue weighted by atomic mass is 35.5. The van der Waals surface area contributed by atoms with E-state index in [4.69, 9.17) is 21.1 Å². The van der Waals surface area contributed by atoms with Gasteiger partial charge in [-0.1, -0.05) is 11.6 Å². The van der Waals surface area contributed by atoms with Crippen molar-refractivity contribution in [1.82, 2.24) is 9.78 Å². The average Bonchev–Trinajstić information content (AvgIpc) is 3.37. The van der Waals surface area contributed by atoms with Gasteiger partial charge in [-0.05, 0) is 55.0 Å². The summed E-state index contributed by atoms with van der Waals surface area (Å²) in [6.07, 6.45) is 0.447. The molecule has 168 valence electrons. The Bertz CT molecular complexity index is 1260. The zero-order chi connectivity index (χ0) is 22.9. The van der Waals surface area contributed by atoms with Gasteiger partial charge in [0.25, 0.3) is 5.91 Å². The minimum atomic E-state index is -3.13. The molecule has 1 atom stereocenters. The monoisotopic (exact) mass is 475 g/mol. The summed E-state index contributed by atoms with van der Waals surface area (Å²) in [7, 11) is -0.0423. The van der Waals surface area contributed by atoms with Gasteiger partial charge in [-0.3, -0.25) is 9.48 Å². The predicted octanol–water partition coefficient (Wildman–Crippen LogP) is 3.83. The van der Waals surface area contributed by atoms with E-state index in [2.05, 4.69) is 10.4 Å². The van der Waals surface area contributed by atoms with Crippen LogP contribution >= 0.6 is 11.6 Å². The Morgan fingerprint density at radius 3 is 2.47 bits per heavy atom.